The van der Waals surface area contributed by atoms with Crippen LogP contribution < -0.4 is 5.32 Å². The maximum absolute atomic E-state index is 11.2. The Balaban J connectivity index is 2.73. The van der Waals surface area contributed by atoms with E-state index in [1.54, 1.807) is 6.07 Å². The Labute approximate surface area is 92.0 Å². The number of nitro groups is 1. The topological polar surface area (TPSA) is 72.2 Å². The minimum absolute atomic E-state index is 0.0429. The van der Waals surface area contributed by atoms with Crippen LogP contribution in [0.1, 0.15) is 6.42 Å². The second-order valence-electron chi connectivity index (χ2n) is 2.83. The van der Waals surface area contributed by atoms with E-state index in [1.165, 1.54) is 18.2 Å². The van der Waals surface area contributed by atoms with Crippen molar-refractivity contribution in [2.75, 3.05) is 11.1 Å². The monoisotopic (exact) mass is 226 g/mol. The minimum Gasteiger partial charge on any atom is -0.326 e. The van der Waals surface area contributed by atoms with Gasteiger partial charge in [-0.15, -0.1) is 0 Å². The summed E-state index contributed by atoms with van der Waals surface area (Å²) >= 11 is 3.91. The van der Waals surface area contributed by atoms with E-state index >= 15 is 0 Å². The molecule has 0 saturated carbocycles. The van der Waals surface area contributed by atoms with Gasteiger partial charge in [0.2, 0.25) is 5.91 Å². The van der Waals surface area contributed by atoms with Gasteiger partial charge in [0.05, 0.1) is 4.92 Å². The molecule has 0 fully saturated rings. The smallest absolute Gasteiger partial charge is 0.271 e. The highest BCUT2D eigenvalue weighted by Crippen LogP contribution is 2.16. The van der Waals surface area contributed by atoms with E-state index in [1.807, 2.05) is 0 Å². The van der Waals surface area contributed by atoms with Gasteiger partial charge in [0, 0.05) is 24.2 Å². The molecule has 1 aromatic rings. The quantitative estimate of drug-likeness (QED) is 0.467. The van der Waals surface area contributed by atoms with Gasteiger partial charge in [-0.05, 0) is 11.8 Å². The van der Waals surface area contributed by atoms with E-state index in [0.29, 0.717) is 11.4 Å². The summed E-state index contributed by atoms with van der Waals surface area (Å²) < 4.78 is 0. The van der Waals surface area contributed by atoms with Gasteiger partial charge in [-0.25, -0.2) is 0 Å². The molecule has 0 aromatic heterocycles. The van der Waals surface area contributed by atoms with Gasteiger partial charge in [-0.3, -0.25) is 14.9 Å². The third kappa shape index (κ3) is 3.59. The molecule has 0 unspecified atom stereocenters. The van der Waals surface area contributed by atoms with Crippen LogP contribution in [0.25, 0.3) is 0 Å². The predicted molar refractivity (Wildman–Crippen MR) is 60.2 cm³/mol. The highest BCUT2D eigenvalue weighted by atomic mass is 32.1. The number of non-ortho nitro benzene ring substituents is 1. The Hall–Kier alpha value is -1.56. The van der Waals surface area contributed by atoms with Crippen molar-refractivity contribution in [1.82, 2.24) is 0 Å². The average molecular weight is 226 g/mol. The number of nitro benzene ring substituents is 1. The standard InChI is InChI=1S/C9H10N2O3S/c12-9(4-5-15)10-7-2-1-3-8(6-7)11(13)14/h1-3,6,15H,4-5H2,(H,10,12). The molecule has 6 heteroatoms. The second-order valence-corrected chi connectivity index (χ2v) is 3.28. The van der Waals surface area contributed by atoms with Gasteiger partial charge >= 0.3 is 0 Å². The zero-order valence-corrected chi connectivity index (χ0v) is 8.74. The number of nitrogens with zero attached hydrogens (tertiary/aromatic N) is 1. The average Bonchev–Trinajstić information content (AvgIpc) is 2.18. The van der Waals surface area contributed by atoms with Crippen LogP contribution in [0.5, 0.6) is 0 Å². The Kier molecular flexibility index (Phi) is 4.11. The van der Waals surface area contributed by atoms with Crippen LogP contribution in [0.15, 0.2) is 24.3 Å². The van der Waals surface area contributed by atoms with Gasteiger partial charge in [-0.2, -0.15) is 12.6 Å². The summed E-state index contributed by atoms with van der Waals surface area (Å²) in [6, 6.07) is 5.81. The number of carbonyl (C=O) groups is 1. The normalized spacial score (nSPS) is 9.67. The molecule has 0 radical (unpaired) electrons. The fourth-order valence-corrected chi connectivity index (χ4v) is 1.23. The molecule has 0 aliphatic heterocycles. The van der Waals surface area contributed by atoms with Crippen LogP contribution >= 0.6 is 12.6 Å². The van der Waals surface area contributed by atoms with Crippen molar-refractivity contribution >= 4 is 29.9 Å². The molecule has 1 N–H and O–H groups in total. The number of amides is 1. The molecule has 80 valence electrons. The lowest BCUT2D eigenvalue weighted by Gasteiger charge is -2.03. The molecular weight excluding hydrogens is 216 g/mol. The van der Waals surface area contributed by atoms with Gasteiger partial charge < -0.3 is 5.32 Å². The van der Waals surface area contributed by atoms with Crippen molar-refractivity contribution in [1.29, 1.82) is 0 Å². The first-order chi connectivity index (χ1) is 7.13. The lowest BCUT2D eigenvalue weighted by Crippen LogP contribution is -2.11. The lowest BCUT2D eigenvalue weighted by molar-refractivity contribution is -0.384. The Morgan fingerprint density at radius 1 is 1.53 bits per heavy atom. The van der Waals surface area contributed by atoms with Crippen LogP contribution in [0.2, 0.25) is 0 Å². The van der Waals surface area contributed by atoms with Crippen LogP contribution in [0.3, 0.4) is 0 Å². The first-order valence-corrected chi connectivity index (χ1v) is 4.92. The van der Waals surface area contributed by atoms with E-state index in [-0.39, 0.29) is 18.0 Å². The van der Waals surface area contributed by atoms with Crippen LogP contribution in [0.4, 0.5) is 11.4 Å². The fraction of sp³-hybridized carbons (Fsp3) is 0.222. The maximum Gasteiger partial charge on any atom is 0.271 e. The molecule has 1 aromatic carbocycles. The number of rotatable bonds is 4. The van der Waals surface area contributed by atoms with E-state index < -0.39 is 4.92 Å². The minimum atomic E-state index is -0.506. The molecule has 5 nitrogen and oxygen atoms in total. The molecule has 1 rings (SSSR count). The van der Waals surface area contributed by atoms with E-state index in [2.05, 4.69) is 17.9 Å². The van der Waals surface area contributed by atoms with Crippen LogP contribution in [0, 0.1) is 10.1 Å². The van der Waals surface area contributed by atoms with Gasteiger partial charge in [0.1, 0.15) is 0 Å². The summed E-state index contributed by atoms with van der Waals surface area (Å²) in [4.78, 5) is 21.1. The van der Waals surface area contributed by atoms with Crippen molar-refractivity contribution in [3.05, 3.63) is 34.4 Å². The van der Waals surface area contributed by atoms with Crippen molar-refractivity contribution in [3.8, 4) is 0 Å². The fourth-order valence-electron chi connectivity index (χ4n) is 1.02. The largest absolute Gasteiger partial charge is 0.326 e. The molecular formula is C9H10N2O3S. The molecule has 0 atom stereocenters. The summed E-state index contributed by atoms with van der Waals surface area (Å²) in [7, 11) is 0. The maximum atomic E-state index is 11.2. The number of hydrogen-bond donors (Lipinski definition) is 2. The number of carbonyl (C=O) groups excluding carboxylic acids is 1. The summed E-state index contributed by atoms with van der Waals surface area (Å²) in [5.74, 6) is 0.242. The third-order valence-electron chi connectivity index (χ3n) is 1.68. The molecule has 15 heavy (non-hydrogen) atoms. The summed E-state index contributed by atoms with van der Waals surface area (Å²) in [6.07, 6.45) is 0.284. The molecule has 0 bridgehead atoms. The van der Waals surface area contributed by atoms with Crippen LogP contribution in [-0.2, 0) is 4.79 Å². The number of hydrogen-bond acceptors (Lipinski definition) is 4. The van der Waals surface area contributed by atoms with Crippen molar-refractivity contribution < 1.29 is 9.72 Å². The van der Waals surface area contributed by atoms with Gasteiger partial charge in [0.15, 0.2) is 0 Å². The molecule has 0 aliphatic carbocycles. The lowest BCUT2D eigenvalue weighted by atomic mass is 10.3. The number of benzene rings is 1. The molecule has 1 amide bonds. The summed E-state index contributed by atoms with van der Waals surface area (Å²) in [5.41, 5.74) is 0.384. The number of anilines is 1. The van der Waals surface area contributed by atoms with Gasteiger partial charge in [0.25, 0.3) is 5.69 Å². The molecule has 0 spiro atoms. The first kappa shape index (κ1) is 11.5. The predicted octanol–water partition coefficient (Wildman–Crippen LogP) is 1.85. The van der Waals surface area contributed by atoms with E-state index in [9.17, 15) is 14.9 Å². The SMILES string of the molecule is O=C(CCS)Nc1cccc([N+](=O)[O-])c1. The zero-order valence-electron chi connectivity index (χ0n) is 7.84. The van der Waals surface area contributed by atoms with Crippen LogP contribution in [-0.4, -0.2) is 16.6 Å². The van der Waals surface area contributed by atoms with Crippen molar-refractivity contribution in [2.24, 2.45) is 0 Å². The zero-order chi connectivity index (χ0) is 11.3. The number of thiol groups is 1. The van der Waals surface area contributed by atoms with Crippen molar-refractivity contribution in [3.63, 3.8) is 0 Å². The highest BCUT2D eigenvalue weighted by molar-refractivity contribution is 7.80. The summed E-state index contributed by atoms with van der Waals surface area (Å²) in [6.45, 7) is 0. The first-order valence-electron chi connectivity index (χ1n) is 4.28. The van der Waals surface area contributed by atoms with Gasteiger partial charge in [-0.1, -0.05) is 6.07 Å². The molecule has 0 heterocycles. The Morgan fingerprint density at radius 2 is 2.27 bits per heavy atom. The van der Waals surface area contributed by atoms with Crippen molar-refractivity contribution in [2.45, 2.75) is 6.42 Å². The Bertz CT molecular complexity index is 381. The molecule has 0 saturated heterocycles. The number of nitrogens with one attached hydrogen (secondary N) is 1. The second kappa shape index (κ2) is 5.35. The summed E-state index contributed by atoms with van der Waals surface area (Å²) in [5, 5.41) is 13.0. The molecule has 0 aliphatic rings. The Morgan fingerprint density at radius 3 is 2.87 bits per heavy atom. The highest BCUT2D eigenvalue weighted by Gasteiger charge is 2.07. The third-order valence-corrected chi connectivity index (χ3v) is 1.90. The van der Waals surface area contributed by atoms with E-state index in [0.717, 1.165) is 0 Å². The van der Waals surface area contributed by atoms with E-state index in [4.69, 9.17) is 0 Å².